The third-order valence-corrected chi connectivity index (χ3v) is 4.72. The summed E-state index contributed by atoms with van der Waals surface area (Å²) in [7, 11) is 1.39. The van der Waals surface area contributed by atoms with Gasteiger partial charge >= 0.3 is 5.97 Å². The zero-order valence-electron chi connectivity index (χ0n) is 17.5. The Balaban J connectivity index is 1.59. The number of benzene rings is 3. The fourth-order valence-electron chi connectivity index (χ4n) is 2.90. The van der Waals surface area contributed by atoms with E-state index < -0.39 is 24.4 Å². The molecule has 0 aliphatic rings. The lowest BCUT2D eigenvalue weighted by Gasteiger charge is -2.11. The molecule has 0 saturated heterocycles. The van der Waals surface area contributed by atoms with Crippen LogP contribution in [0.15, 0.2) is 72.8 Å². The Bertz CT molecular complexity index is 1200. The molecule has 3 aromatic carbocycles. The third-order valence-electron chi connectivity index (χ3n) is 4.48. The number of amides is 2. The Labute approximate surface area is 194 Å². The Kier molecular flexibility index (Phi) is 7.77. The topological polar surface area (TPSA) is 111 Å². The van der Waals surface area contributed by atoms with Crippen LogP contribution in [0.4, 0.5) is 0 Å². The predicted molar refractivity (Wildman–Crippen MR) is 120 cm³/mol. The normalized spacial score (nSPS) is 10.1. The van der Waals surface area contributed by atoms with Gasteiger partial charge in [-0.15, -0.1) is 0 Å². The van der Waals surface area contributed by atoms with Gasteiger partial charge in [-0.25, -0.2) is 4.79 Å². The van der Waals surface area contributed by atoms with Gasteiger partial charge in [0.2, 0.25) is 0 Å². The smallest absolute Gasteiger partial charge is 0.339 e. The molecule has 0 aliphatic heterocycles. The van der Waals surface area contributed by atoms with Crippen LogP contribution in [-0.4, -0.2) is 37.3 Å². The minimum absolute atomic E-state index is 0.0202. The van der Waals surface area contributed by atoms with Crippen molar-refractivity contribution in [3.63, 3.8) is 0 Å². The molecule has 0 unspecified atom stereocenters. The molecule has 0 atom stereocenters. The second kappa shape index (κ2) is 10.9. The lowest BCUT2D eigenvalue weighted by Crippen LogP contribution is -2.43. The monoisotopic (exact) mass is 466 g/mol. The van der Waals surface area contributed by atoms with Crippen molar-refractivity contribution < 1.29 is 28.7 Å². The van der Waals surface area contributed by atoms with Gasteiger partial charge in [-0.1, -0.05) is 60.1 Å². The second-order valence-corrected chi connectivity index (χ2v) is 7.10. The molecule has 0 radical (unpaired) electrons. The first-order valence-corrected chi connectivity index (χ1v) is 10.1. The summed E-state index contributed by atoms with van der Waals surface area (Å²) in [6.45, 7) is -0.681. The second-order valence-electron chi connectivity index (χ2n) is 6.66. The number of halogens is 1. The van der Waals surface area contributed by atoms with Crippen LogP contribution in [-0.2, 0) is 9.53 Å². The lowest BCUT2D eigenvalue weighted by molar-refractivity contribution is -0.125. The lowest BCUT2D eigenvalue weighted by atomic mass is 9.98. The molecule has 2 N–H and O–H groups in total. The van der Waals surface area contributed by atoms with E-state index in [0.717, 1.165) is 0 Å². The molecule has 0 saturated carbocycles. The van der Waals surface area contributed by atoms with Gasteiger partial charge in [-0.3, -0.25) is 25.2 Å². The average Bonchev–Trinajstić information content (AvgIpc) is 2.85. The Morgan fingerprint density at radius 2 is 1.48 bits per heavy atom. The number of methoxy groups -OCH3 is 1. The Morgan fingerprint density at radius 3 is 2.18 bits per heavy atom. The van der Waals surface area contributed by atoms with Crippen LogP contribution >= 0.6 is 11.6 Å². The molecule has 168 valence electrons. The van der Waals surface area contributed by atoms with Crippen LogP contribution in [0.3, 0.4) is 0 Å². The highest BCUT2D eigenvalue weighted by Gasteiger charge is 2.20. The van der Waals surface area contributed by atoms with Gasteiger partial charge in [0.15, 0.2) is 12.4 Å². The number of hydrogen-bond acceptors (Lipinski definition) is 6. The molecule has 3 aromatic rings. The SMILES string of the molecule is COc1ccc(Cl)cc1C(=O)NNC(=O)COC(=O)c1ccccc1C(=O)c1ccccc1. The zero-order chi connectivity index (χ0) is 23.8. The van der Waals surface area contributed by atoms with Crippen LogP contribution in [0.5, 0.6) is 5.75 Å². The highest BCUT2D eigenvalue weighted by atomic mass is 35.5. The van der Waals surface area contributed by atoms with Crippen LogP contribution in [0, 0.1) is 0 Å². The fraction of sp³-hybridized carbons (Fsp3) is 0.0833. The molecule has 2 amide bonds. The van der Waals surface area contributed by atoms with Crippen molar-refractivity contribution in [1.82, 2.24) is 10.9 Å². The van der Waals surface area contributed by atoms with Crippen LogP contribution in [0.25, 0.3) is 0 Å². The van der Waals surface area contributed by atoms with E-state index in [4.69, 9.17) is 21.1 Å². The van der Waals surface area contributed by atoms with Crippen LogP contribution in [0.1, 0.15) is 36.6 Å². The molecule has 8 nitrogen and oxygen atoms in total. The molecule has 0 aliphatic carbocycles. The van der Waals surface area contributed by atoms with Crippen molar-refractivity contribution in [2.45, 2.75) is 0 Å². The van der Waals surface area contributed by atoms with Crippen molar-refractivity contribution in [2.75, 3.05) is 13.7 Å². The maximum Gasteiger partial charge on any atom is 0.339 e. The maximum absolute atomic E-state index is 12.7. The minimum atomic E-state index is -0.854. The summed E-state index contributed by atoms with van der Waals surface area (Å²) in [5, 5.41) is 0.310. The summed E-state index contributed by atoms with van der Waals surface area (Å²) in [6, 6.07) is 19.1. The Morgan fingerprint density at radius 1 is 0.818 bits per heavy atom. The van der Waals surface area contributed by atoms with Crippen LogP contribution < -0.4 is 15.6 Å². The number of ether oxygens (including phenoxy) is 2. The van der Waals surface area contributed by atoms with E-state index in [0.29, 0.717) is 10.6 Å². The predicted octanol–water partition coefficient (Wildman–Crippen LogP) is 3.20. The number of esters is 1. The van der Waals surface area contributed by atoms with Gasteiger partial charge < -0.3 is 9.47 Å². The first kappa shape index (κ1) is 23.5. The number of hydrazine groups is 1. The van der Waals surface area contributed by atoms with Crippen LogP contribution in [0.2, 0.25) is 5.02 Å². The summed E-state index contributed by atoms with van der Waals surface area (Å²) >= 11 is 5.89. The van der Waals surface area contributed by atoms with Crippen molar-refractivity contribution in [3.05, 3.63) is 100 Å². The van der Waals surface area contributed by atoms with Gasteiger partial charge in [0.25, 0.3) is 11.8 Å². The minimum Gasteiger partial charge on any atom is -0.496 e. The first-order valence-electron chi connectivity index (χ1n) is 9.69. The summed E-state index contributed by atoms with van der Waals surface area (Å²) in [6.07, 6.45) is 0. The summed E-state index contributed by atoms with van der Waals surface area (Å²) in [4.78, 5) is 49.6. The van der Waals surface area contributed by atoms with Crippen molar-refractivity contribution in [1.29, 1.82) is 0 Å². The van der Waals surface area contributed by atoms with Gasteiger partial charge in [-0.2, -0.15) is 0 Å². The number of rotatable bonds is 7. The van der Waals surface area contributed by atoms with E-state index in [1.54, 1.807) is 48.5 Å². The molecule has 0 bridgehead atoms. The molecule has 3 rings (SSSR count). The van der Waals surface area contributed by atoms with E-state index in [9.17, 15) is 19.2 Å². The average molecular weight is 467 g/mol. The fourth-order valence-corrected chi connectivity index (χ4v) is 3.07. The number of carbonyl (C=O) groups excluding carboxylic acids is 4. The molecule has 9 heteroatoms. The molecule has 0 fully saturated rings. The van der Waals surface area contributed by atoms with Gasteiger partial charge in [0.05, 0.1) is 18.2 Å². The van der Waals surface area contributed by atoms with Gasteiger partial charge in [-0.05, 0) is 24.3 Å². The number of hydrogen-bond donors (Lipinski definition) is 2. The third kappa shape index (κ3) is 5.96. The molecule has 0 aromatic heterocycles. The summed E-state index contributed by atoms with van der Waals surface area (Å²) in [5.74, 6) is -2.40. The number of nitrogens with one attached hydrogen (secondary N) is 2. The maximum atomic E-state index is 12.7. The zero-order valence-corrected chi connectivity index (χ0v) is 18.2. The van der Waals surface area contributed by atoms with E-state index in [-0.39, 0.29) is 28.2 Å². The van der Waals surface area contributed by atoms with Crippen molar-refractivity contribution in [3.8, 4) is 5.75 Å². The highest BCUT2D eigenvalue weighted by molar-refractivity contribution is 6.31. The number of carbonyl (C=O) groups is 4. The summed E-state index contributed by atoms with van der Waals surface area (Å²) < 4.78 is 10.1. The van der Waals surface area contributed by atoms with Crippen molar-refractivity contribution >= 4 is 35.2 Å². The van der Waals surface area contributed by atoms with Crippen molar-refractivity contribution in [2.24, 2.45) is 0 Å². The van der Waals surface area contributed by atoms with E-state index in [1.807, 2.05) is 0 Å². The first-order chi connectivity index (χ1) is 15.9. The molecule has 33 heavy (non-hydrogen) atoms. The standard InChI is InChI=1S/C24H19ClN2O6/c1-32-20-12-11-16(25)13-19(20)23(30)27-26-21(28)14-33-24(31)18-10-6-5-9-17(18)22(29)15-7-3-2-4-8-15/h2-13H,14H2,1H3,(H,26,28)(H,27,30). The molecular weight excluding hydrogens is 448 g/mol. The van der Waals surface area contributed by atoms with E-state index in [2.05, 4.69) is 10.9 Å². The van der Waals surface area contributed by atoms with Gasteiger partial charge in [0, 0.05) is 16.1 Å². The highest BCUT2D eigenvalue weighted by Crippen LogP contribution is 2.22. The molecular formula is C24H19ClN2O6. The quantitative estimate of drug-likeness (QED) is 0.314. The van der Waals surface area contributed by atoms with E-state index in [1.165, 1.54) is 31.4 Å². The van der Waals surface area contributed by atoms with E-state index >= 15 is 0 Å². The summed E-state index contributed by atoms with van der Waals surface area (Å²) in [5.41, 5.74) is 5.02. The Hall–Kier alpha value is -4.17. The van der Waals surface area contributed by atoms with Gasteiger partial charge in [0.1, 0.15) is 5.75 Å². The number of ketones is 1. The molecule has 0 heterocycles. The molecule has 0 spiro atoms. The largest absolute Gasteiger partial charge is 0.496 e.